The van der Waals surface area contributed by atoms with Crippen molar-refractivity contribution >= 4 is 11.9 Å². The average molecular weight is 261 g/mol. The van der Waals surface area contributed by atoms with E-state index in [4.69, 9.17) is 0 Å². The van der Waals surface area contributed by atoms with Crippen LogP contribution in [0.25, 0.3) is 0 Å². The van der Waals surface area contributed by atoms with Crippen LogP contribution in [-0.4, -0.2) is 17.9 Å². The quantitative estimate of drug-likeness (QED) is 0.869. The third-order valence-corrected chi connectivity index (χ3v) is 3.66. The van der Waals surface area contributed by atoms with E-state index in [0.717, 1.165) is 12.8 Å². The van der Waals surface area contributed by atoms with Gasteiger partial charge in [0, 0.05) is 0 Å². The van der Waals surface area contributed by atoms with Gasteiger partial charge in [0.25, 0.3) is 5.91 Å². The SMILES string of the molecule is CCC1(c2cccc(F)c2)NC(=NC2CC2)NC1=O. The number of nitrogens with one attached hydrogen (secondary N) is 2. The second kappa shape index (κ2) is 4.33. The Morgan fingerprint density at radius 3 is 2.89 bits per heavy atom. The molecule has 1 saturated carbocycles. The number of benzene rings is 1. The summed E-state index contributed by atoms with van der Waals surface area (Å²) in [5, 5.41) is 5.90. The molecular formula is C14H16FN3O. The van der Waals surface area contributed by atoms with Gasteiger partial charge in [0.1, 0.15) is 11.4 Å². The standard InChI is InChI=1S/C14H16FN3O/c1-2-14(9-4-3-5-10(15)8-9)12(19)17-13(18-14)16-11-6-7-11/h3-5,8,11H,2,6-7H2,1H3,(H2,16,17,18,19). The molecule has 2 N–H and O–H groups in total. The molecule has 0 radical (unpaired) electrons. The van der Waals surface area contributed by atoms with Gasteiger partial charge in [-0.3, -0.25) is 10.1 Å². The van der Waals surface area contributed by atoms with Crippen molar-refractivity contribution in [2.24, 2.45) is 4.99 Å². The van der Waals surface area contributed by atoms with Crippen LogP contribution >= 0.6 is 0 Å². The lowest BCUT2D eigenvalue weighted by molar-refractivity contribution is -0.124. The van der Waals surface area contributed by atoms with Crippen molar-refractivity contribution in [3.8, 4) is 0 Å². The molecule has 1 aliphatic carbocycles. The largest absolute Gasteiger partial charge is 0.338 e. The Bertz CT molecular complexity index is 553. The maximum atomic E-state index is 13.4. The van der Waals surface area contributed by atoms with Crippen LogP contribution in [0.4, 0.5) is 4.39 Å². The first-order valence-electron chi connectivity index (χ1n) is 6.57. The maximum absolute atomic E-state index is 13.4. The number of guanidine groups is 1. The number of rotatable bonds is 3. The summed E-state index contributed by atoms with van der Waals surface area (Å²) >= 11 is 0. The molecule has 1 aliphatic heterocycles. The maximum Gasteiger partial charge on any atom is 0.257 e. The van der Waals surface area contributed by atoms with Gasteiger partial charge in [0.15, 0.2) is 5.96 Å². The van der Waals surface area contributed by atoms with Gasteiger partial charge >= 0.3 is 0 Å². The Kier molecular flexibility index (Phi) is 2.77. The van der Waals surface area contributed by atoms with Gasteiger partial charge < -0.3 is 5.32 Å². The third kappa shape index (κ3) is 2.09. The Hall–Kier alpha value is -1.91. The fraction of sp³-hybridized carbons (Fsp3) is 0.429. The first-order chi connectivity index (χ1) is 9.14. The molecule has 0 aromatic heterocycles. The van der Waals surface area contributed by atoms with Gasteiger partial charge in [0.05, 0.1) is 6.04 Å². The normalized spacial score (nSPS) is 28.3. The number of carbonyl (C=O) groups is 1. The van der Waals surface area contributed by atoms with Crippen molar-refractivity contribution in [2.75, 3.05) is 0 Å². The summed E-state index contributed by atoms with van der Waals surface area (Å²) in [5.74, 6) is 0.00566. The summed E-state index contributed by atoms with van der Waals surface area (Å²) < 4.78 is 13.4. The molecule has 1 atom stereocenters. The molecule has 5 heteroatoms. The number of hydrogen-bond acceptors (Lipinski definition) is 2. The van der Waals surface area contributed by atoms with Crippen LogP contribution in [0.1, 0.15) is 31.7 Å². The second-order valence-electron chi connectivity index (χ2n) is 5.06. The van der Waals surface area contributed by atoms with Crippen LogP contribution < -0.4 is 10.6 Å². The van der Waals surface area contributed by atoms with Gasteiger partial charge in [-0.2, -0.15) is 0 Å². The van der Waals surface area contributed by atoms with E-state index in [1.165, 1.54) is 12.1 Å². The lowest BCUT2D eigenvalue weighted by Crippen LogP contribution is -2.43. The number of carbonyl (C=O) groups excluding carboxylic acids is 1. The number of aliphatic imine (C=N–C) groups is 1. The van der Waals surface area contributed by atoms with Gasteiger partial charge in [-0.15, -0.1) is 0 Å². The molecule has 19 heavy (non-hydrogen) atoms. The highest BCUT2D eigenvalue weighted by atomic mass is 19.1. The van der Waals surface area contributed by atoms with E-state index < -0.39 is 5.54 Å². The van der Waals surface area contributed by atoms with Crippen molar-refractivity contribution in [1.29, 1.82) is 0 Å². The van der Waals surface area contributed by atoms with Gasteiger partial charge in [-0.25, -0.2) is 9.38 Å². The molecule has 0 bridgehead atoms. The zero-order valence-corrected chi connectivity index (χ0v) is 10.7. The average Bonchev–Trinajstić information content (AvgIpc) is 3.13. The van der Waals surface area contributed by atoms with Crippen LogP contribution in [0.3, 0.4) is 0 Å². The number of halogens is 1. The van der Waals surface area contributed by atoms with E-state index in [0.29, 0.717) is 24.0 Å². The first-order valence-corrected chi connectivity index (χ1v) is 6.57. The molecule has 4 nitrogen and oxygen atoms in total. The van der Waals surface area contributed by atoms with Gasteiger partial charge in [-0.05, 0) is 37.0 Å². The number of hydrogen-bond donors (Lipinski definition) is 2. The van der Waals surface area contributed by atoms with E-state index in [-0.39, 0.29) is 11.7 Å². The predicted molar refractivity (Wildman–Crippen MR) is 70.1 cm³/mol. The summed E-state index contributed by atoms with van der Waals surface area (Å²) in [5.41, 5.74) is -0.274. The Morgan fingerprint density at radius 1 is 1.47 bits per heavy atom. The van der Waals surface area contributed by atoms with Crippen molar-refractivity contribution in [2.45, 2.75) is 37.8 Å². The molecule has 100 valence electrons. The summed E-state index contributed by atoms with van der Waals surface area (Å²) in [4.78, 5) is 16.7. The zero-order valence-electron chi connectivity index (χ0n) is 10.7. The Morgan fingerprint density at radius 2 is 2.26 bits per heavy atom. The monoisotopic (exact) mass is 261 g/mol. The molecule has 2 fully saturated rings. The fourth-order valence-corrected chi connectivity index (χ4v) is 2.37. The summed E-state index contributed by atoms with van der Waals surface area (Å²) in [6.45, 7) is 1.90. The Balaban J connectivity index is 1.96. The van der Waals surface area contributed by atoms with Crippen LogP contribution in [0.2, 0.25) is 0 Å². The minimum Gasteiger partial charge on any atom is -0.338 e. The summed E-state index contributed by atoms with van der Waals surface area (Å²) in [7, 11) is 0. The molecule has 1 aromatic carbocycles. The molecule has 0 spiro atoms. The Labute approximate surface area is 111 Å². The summed E-state index contributed by atoms with van der Waals surface area (Å²) in [6.07, 6.45) is 2.67. The fourth-order valence-electron chi connectivity index (χ4n) is 2.37. The lowest BCUT2D eigenvalue weighted by Gasteiger charge is -2.25. The van der Waals surface area contributed by atoms with Crippen molar-refractivity contribution in [3.63, 3.8) is 0 Å². The van der Waals surface area contributed by atoms with E-state index in [2.05, 4.69) is 15.6 Å². The minimum atomic E-state index is -0.907. The molecule has 1 amide bonds. The molecule has 1 heterocycles. The highest BCUT2D eigenvalue weighted by molar-refractivity contribution is 6.09. The zero-order chi connectivity index (χ0) is 13.5. The van der Waals surface area contributed by atoms with Crippen molar-refractivity contribution in [1.82, 2.24) is 10.6 Å². The third-order valence-electron chi connectivity index (χ3n) is 3.66. The van der Waals surface area contributed by atoms with Crippen LogP contribution in [0, 0.1) is 5.82 Å². The molecule has 3 rings (SSSR count). The number of nitrogens with zero attached hydrogens (tertiary/aromatic N) is 1. The topological polar surface area (TPSA) is 53.5 Å². The first kappa shape index (κ1) is 12.1. The predicted octanol–water partition coefficient (Wildman–Crippen LogP) is 1.67. The summed E-state index contributed by atoms with van der Waals surface area (Å²) in [6, 6.07) is 6.48. The van der Waals surface area contributed by atoms with Crippen LogP contribution in [-0.2, 0) is 10.3 Å². The molecule has 1 saturated heterocycles. The van der Waals surface area contributed by atoms with E-state index in [1.807, 2.05) is 6.92 Å². The molecule has 2 aliphatic rings. The minimum absolute atomic E-state index is 0.167. The number of amides is 1. The van der Waals surface area contributed by atoms with E-state index in [9.17, 15) is 9.18 Å². The second-order valence-corrected chi connectivity index (χ2v) is 5.06. The highest BCUT2D eigenvalue weighted by Crippen LogP contribution is 2.30. The van der Waals surface area contributed by atoms with E-state index >= 15 is 0 Å². The van der Waals surface area contributed by atoms with Crippen molar-refractivity contribution < 1.29 is 9.18 Å². The van der Waals surface area contributed by atoms with Crippen LogP contribution in [0.15, 0.2) is 29.3 Å². The lowest BCUT2D eigenvalue weighted by atomic mass is 9.87. The molecular weight excluding hydrogens is 245 g/mol. The highest BCUT2D eigenvalue weighted by Gasteiger charge is 2.45. The van der Waals surface area contributed by atoms with Crippen LogP contribution in [0.5, 0.6) is 0 Å². The van der Waals surface area contributed by atoms with Gasteiger partial charge in [0.2, 0.25) is 0 Å². The smallest absolute Gasteiger partial charge is 0.257 e. The van der Waals surface area contributed by atoms with Crippen molar-refractivity contribution in [3.05, 3.63) is 35.6 Å². The molecule has 1 aromatic rings. The van der Waals surface area contributed by atoms with E-state index in [1.54, 1.807) is 12.1 Å². The van der Waals surface area contributed by atoms with Gasteiger partial charge in [-0.1, -0.05) is 19.1 Å². The molecule has 1 unspecified atom stereocenters.